The molecule has 1 fully saturated rings. The van der Waals surface area contributed by atoms with Crippen molar-refractivity contribution >= 4 is 27.7 Å². The molecule has 1 saturated heterocycles. The van der Waals surface area contributed by atoms with Crippen molar-refractivity contribution < 1.29 is 19.1 Å². The van der Waals surface area contributed by atoms with Gasteiger partial charge in [0, 0.05) is 40.4 Å². The molecular weight excluding hydrogens is 446 g/mol. The molecule has 30 heavy (non-hydrogen) atoms. The van der Waals surface area contributed by atoms with Crippen LogP contribution in [0.2, 0.25) is 0 Å². The quantitative estimate of drug-likeness (QED) is 0.637. The molecule has 0 bridgehead atoms. The van der Waals surface area contributed by atoms with Crippen LogP contribution in [0.4, 0.5) is 0 Å². The van der Waals surface area contributed by atoms with E-state index >= 15 is 0 Å². The van der Waals surface area contributed by atoms with Crippen LogP contribution >= 0.6 is 15.9 Å². The molecule has 0 amide bonds. The highest BCUT2D eigenvalue weighted by Crippen LogP contribution is 2.46. The smallest absolute Gasteiger partial charge is 0.336 e. The van der Waals surface area contributed by atoms with Gasteiger partial charge < -0.3 is 14.8 Å². The molecule has 3 aliphatic rings. The second kappa shape index (κ2) is 8.31. The van der Waals surface area contributed by atoms with Crippen molar-refractivity contribution in [3.8, 4) is 0 Å². The second-order valence-corrected chi connectivity index (χ2v) is 10.1. The van der Waals surface area contributed by atoms with Crippen LogP contribution in [0.5, 0.6) is 0 Å². The molecule has 6 heteroatoms. The molecule has 1 aliphatic carbocycles. The molecule has 1 aromatic rings. The lowest BCUT2D eigenvalue weighted by Gasteiger charge is -2.39. The number of nitrogens with one attached hydrogen (secondary N) is 1. The van der Waals surface area contributed by atoms with Gasteiger partial charge in [-0.3, -0.25) is 4.79 Å². The fraction of sp³-hybridized carbons (Fsp3) is 0.500. The number of ether oxygens (including phenoxy) is 2. The van der Waals surface area contributed by atoms with Gasteiger partial charge in [0.15, 0.2) is 5.78 Å². The van der Waals surface area contributed by atoms with Crippen LogP contribution in [-0.4, -0.2) is 31.1 Å². The zero-order valence-corrected chi connectivity index (χ0v) is 19.3. The van der Waals surface area contributed by atoms with E-state index in [9.17, 15) is 9.59 Å². The first-order valence-electron chi connectivity index (χ1n) is 10.5. The summed E-state index contributed by atoms with van der Waals surface area (Å²) in [7, 11) is 0. The third kappa shape index (κ3) is 4.26. The Morgan fingerprint density at radius 3 is 2.67 bits per heavy atom. The lowest BCUT2D eigenvalue weighted by Crippen LogP contribution is -2.39. The van der Waals surface area contributed by atoms with E-state index in [1.165, 1.54) is 0 Å². The standard InChI is InChI=1S/C24H28BrNO4/c1-14-20(23(28)30-13-17-5-4-10-29-17)21(15-6-8-16(25)9-7-15)22-18(26-14)11-24(2,3)12-19(22)27/h6-9,17,21,26H,4-5,10-13H2,1-3H3/t17-,21-/m0/s1. The van der Waals surface area contributed by atoms with Crippen LogP contribution in [0.25, 0.3) is 0 Å². The third-order valence-corrected chi connectivity index (χ3v) is 6.62. The number of carbonyl (C=O) groups is 2. The van der Waals surface area contributed by atoms with Gasteiger partial charge in [-0.05, 0) is 49.3 Å². The Morgan fingerprint density at radius 1 is 1.27 bits per heavy atom. The summed E-state index contributed by atoms with van der Waals surface area (Å²) in [5, 5.41) is 3.37. The molecule has 0 saturated carbocycles. The molecule has 1 aromatic carbocycles. The van der Waals surface area contributed by atoms with Gasteiger partial charge in [0.25, 0.3) is 0 Å². The van der Waals surface area contributed by atoms with Crippen molar-refractivity contribution in [2.24, 2.45) is 5.41 Å². The molecule has 160 valence electrons. The van der Waals surface area contributed by atoms with Crippen molar-refractivity contribution in [1.82, 2.24) is 5.32 Å². The summed E-state index contributed by atoms with van der Waals surface area (Å²) in [4.78, 5) is 26.4. The minimum absolute atomic E-state index is 0.0376. The minimum Gasteiger partial charge on any atom is -0.459 e. The van der Waals surface area contributed by atoms with E-state index in [4.69, 9.17) is 9.47 Å². The first kappa shape index (κ1) is 21.3. The number of esters is 1. The Kier molecular flexibility index (Phi) is 5.90. The van der Waals surface area contributed by atoms with Gasteiger partial charge in [-0.2, -0.15) is 0 Å². The predicted octanol–water partition coefficient (Wildman–Crippen LogP) is 4.78. The van der Waals surface area contributed by atoms with Crippen molar-refractivity contribution in [2.45, 2.75) is 58.5 Å². The number of carbonyl (C=O) groups excluding carboxylic acids is 2. The summed E-state index contributed by atoms with van der Waals surface area (Å²) in [5.41, 5.74) is 3.71. The molecule has 0 spiro atoms. The number of allylic oxidation sites excluding steroid dienone is 3. The highest BCUT2D eigenvalue weighted by Gasteiger charge is 2.43. The number of halogens is 1. The Hall–Kier alpha value is -1.92. The number of rotatable bonds is 4. The number of hydrogen-bond donors (Lipinski definition) is 1. The van der Waals surface area contributed by atoms with E-state index in [-0.39, 0.29) is 29.9 Å². The minimum atomic E-state index is -0.421. The summed E-state index contributed by atoms with van der Waals surface area (Å²) in [6.45, 7) is 7.07. The number of hydrogen-bond acceptors (Lipinski definition) is 5. The van der Waals surface area contributed by atoms with Crippen molar-refractivity contribution in [3.05, 3.63) is 56.8 Å². The van der Waals surface area contributed by atoms with Crippen LogP contribution in [0, 0.1) is 5.41 Å². The van der Waals surface area contributed by atoms with Gasteiger partial charge in [-0.1, -0.05) is 41.9 Å². The van der Waals surface area contributed by atoms with Crippen LogP contribution < -0.4 is 5.32 Å². The molecule has 2 heterocycles. The monoisotopic (exact) mass is 473 g/mol. The highest BCUT2D eigenvalue weighted by molar-refractivity contribution is 9.10. The molecule has 2 atom stereocenters. The SMILES string of the molecule is CC1=C(C(=O)OC[C@@H]2CCCO2)[C@H](c2ccc(Br)cc2)C2=C(CC(C)(C)CC2=O)N1. The largest absolute Gasteiger partial charge is 0.459 e. The van der Waals surface area contributed by atoms with Crippen LogP contribution in [-0.2, 0) is 19.1 Å². The lowest BCUT2D eigenvalue weighted by molar-refractivity contribution is -0.142. The summed E-state index contributed by atoms with van der Waals surface area (Å²) in [6.07, 6.45) is 3.11. The van der Waals surface area contributed by atoms with Crippen LogP contribution in [0.15, 0.2) is 51.3 Å². The Bertz CT molecular complexity index is 923. The van der Waals surface area contributed by atoms with E-state index in [0.717, 1.165) is 40.7 Å². The highest BCUT2D eigenvalue weighted by atomic mass is 79.9. The summed E-state index contributed by atoms with van der Waals surface area (Å²) in [6, 6.07) is 7.83. The predicted molar refractivity (Wildman–Crippen MR) is 118 cm³/mol. The van der Waals surface area contributed by atoms with Crippen LogP contribution in [0.3, 0.4) is 0 Å². The number of ketones is 1. The molecule has 4 rings (SSSR count). The van der Waals surface area contributed by atoms with E-state index < -0.39 is 5.92 Å². The van der Waals surface area contributed by atoms with Gasteiger partial charge >= 0.3 is 5.97 Å². The van der Waals surface area contributed by atoms with Crippen LogP contribution in [0.1, 0.15) is 57.9 Å². The number of dihydropyridines is 1. The zero-order valence-electron chi connectivity index (χ0n) is 17.7. The van der Waals surface area contributed by atoms with Gasteiger partial charge in [-0.25, -0.2) is 4.79 Å². The normalized spacial score (nSPS) is 25.8. The third-order valence-electron chi connectivity index (χ3n) is 6.09. The Labute approximate surface area is 186 Å². The first-order chi connectivity index (χ1) is 14.2. The first-order valence-corrected chi connectivity index (χ1v) is 11.3. The molecule has 0 unspecified atom stereocenters. The number of Topliss-reactive ketones (excluding diaryl/α,β-unsaturated/α-hetero) is 1. The molecule has 2 aliphatic heterocycles. The maximum atomic E-state index is 13.2. The Balaban J connectivity index is 1.71. The van der Waals surface area contributed by atoms with Gasteiger partial charge in [0.1, 0.15) is 6.61 Å². The number of benzene rings is 1. The van der Waals surface area contributed by atoms with E-state index in [0.29, 0.717) is 24.2 Å². The van der Waals surface area contributed by atoms with Crippen molar-refractivity contribution in [3.63, 3.8) is 0 Å². The summed E-state index contributed by atoms with van der Waals surface area (Å²) in [5.74, 6) is -0.707. The summed E-state index contributed by atoms with van der Waals surface area (Å²) < 4.78 is 12.2. The lowest BCUT2D eigenvalue weighted by atomic mass is 9.68. The van der Waals surface area contributed by atoms with E-state index in [1.807, 2.05) is 31.2 Å². The molecule has 0 radical (unpaired) electrons. The van der Waals surface area contributed by atoms with Gasteiger partial charge in [0.2, 0.25) is 0 Å². The van der Waals surface area contributed by atoms with E-state index in [1.54, 1.807) is 0 Å². The van der Waals surface area contributed by atoms with Crippen molar-refractivity contribution in [1.29, 1.82) is 0 Å². The Morgan fingerprint density at radius 2 is 2.00 bits per heavy atom. The molecule has 0 aromatic heterocycles. The molecule has 1 N–H and O–H groups in total. The van der Waals surface area contributed by atoms with Gasteiger partial charge in [0.05, 0.1) is 11.7 Å². The zero-order chi connectivity index (χ0) is 21.5. The maximum Gasteiger partial charge on any atom is 0.336 e. The average Bonchev–Trinajstić information content (AvgIpc) is 3.18. The van der Waals surface area contributed by atoms with E-state index in [2.05, 4.69) is 35.1 Å². The van der Waals surface area contributed by atoms with Gasteiger partial charge in [-0.15, -0.1) is 0 Å². The fourth-order valence-electron chi connectivity index (χ4n) is 4.72. The summed E-state index contributed by atoms with van der Waals surface area (Å²) >= 11 is 3.47. The topological polar surface area (TPSA) is 64.6 Å². The molecule has 5 nitrogen and oxygen atoms in total. The molecular formula is C24H28BrNO4. The average molecular weight is 474 g/mol. The fourth-order valence-corrected chi connectivity index (χ4v) is 4.98. The maximum absolute atomic E-state index is 13.2. The second-order valence-electron chi connectivity index (χ2n) is 9.21. The van der Waals surface area contributed by atoms with Crippen molar-refractivity contribution in [2.75, 3.05) is 13.2 Å².